The van der Waals surface area contributed by atoms with Crippen LogP contribution in [-0.2, 0) is 0 Å². The van der Waals surface area contributed by atoms with E-state index >= 15 is 0 Å². The summed E-state index contributed by atoms with van der Waals surface area (Å²) in [5, 5.41) is 0. The molecule has 1 saturated heterocycles. The van der Waals surface area contributed by atoms with Crippen LogP contribution >= 0.6 is 0 Å². The van der Waals surface area contributed by atoms with Crippen molar-refractivity contribution in [2.45, 2.75) is 47.0 Å². The molecule has 0 unspecified atom stereocenters. The highest BCUT2D eigenvalue weighted by Crippen LogP contribution is 2.38. The summed E-state index contributed by atoms with van der Waals surface area (Å²) in [6.07, 6.45) is 4.40. The Bertz CT molecular complexity index is 212. The van der Waals surface area contributed by atoms with Crippen LogP contribution in [0.5, 0.6) is 0 Å². The van der Waals surface area contributed by atoms with Crippen molar-refractivity contribution >= 4 is 0 Å². The van der Waals surface area contributed by atoms with E-state index < -0.39 is 0 Å². The number of nitrogens with zero attached hydrogens (tertiary/aromatic N) is 1. The van der Waals surface area contributed by atoms with Gasteiger partial charge in [0.15, 0.2) is 0 Å². The standard InChI is InChI=1S/C14H27N/c1-11-7-8-15(9-12-5-6-12)10-13(11)14(2,3)4/h11-13H,5-10H2,1-4H3/t11-,13-/m1/s1. The number of hydrogen-bond acceptors (Lipinski definition) is 1. The lowest BCUT2D eigenvalue weighted by molar-refractivity contribution is 0.0517. The Hall–Kier alpha value is -0.0400. The number of hydrogen-bond donors (Lipinski definition) is 0. The van der Waals surface area contributed by atoms with E-state index in [9.17, 15) is 0 Å². The summed E-state index contributed by atoms with van der Waals surface area (Å²) in [7, 11) is 0. The van der Waals surface area contributed by atoms with Crippen molar-refractivity contribution in [1.82, 2.24) is 4.90 Å². The molecule has 0 spiro atoms. The summed E-state index contributed by atoms with van der Waals surface area (Å²) in [6.45, 7) is 13.8. The van der Waals surface area contributed by atoms with E-state index in [-0.39, 0.29) is 0 Å². The minimum Gasteiger partial charge on any atom is -0.303 e. The van der Waals surface area contributed by atoms with Crippen molar-refractivity contribution in [3.05, 3.63) is 0 Å². The summed E-state index contributed by atoms with van der Waals surface area (Å²) in [6, 6.07) is 0. The summed E-state index contributed by atoms with van der Waals surface area (Å²) in [5.41, 5.74) is 0.488. The van der Waals surface area contributed by atoms with Gasteiger partial charge in [0.1, 0.15) is 0 Å². The molecule has 0 radical (unpaired) electrons. The fourth-order valence-electron chi connectivity index (χ4n) is 3.10. The van der Waals surface area contributed by atoms with Gasteiger partial charge in [-0.1, -0.05) is 27.7 Å². The quantitative estimate of drug-likeness (QED) is 0.674. The van der Waals surface area contributed by atoms with Gasteiger partial charge in [-0.25, -0.2) is 0 Å². The molecule has 0 aromatic carbocycles. The van der Waals surface area contributed by atoms with Crippen LogP contribution in [-0.4, -0.2) is 24.5 Å². The number of rotatable bonds is 2. The Kier molecular flexibility index (Phi) is 3.12. The molecular weight excluding hydrogens is 182 g/mol. The SMILES string of the molecule is C[C@@H]1CCN(CC2CC2)C[C@H]1C(C)(C)C. The highest BCUT2D eigenvalue weighted by molar-refractivity contribution is 4.87. The van der Waals surface area contributed by atoms with Gasteiger partial charge in [-0.05, 0) is 49.0 Å². The van der Waals surface area contributed by atoms with Crippen LogP contribution in [0.3, 0.4) is 0 Å². The summed E-state index contributed by atoms with van der Waals surface area (Å²) in [5.74, 6) is 2.87. The minimum absolute atomic E-state index is 0.488. The second-order valence-electron chi connectivity index (χ2n) is 6.94. The molecule has 1 aliphatic heterocycles. The van der Waals surface area contributed by atoms with Crippen molar-refractivity contribution in [2.24, 2.45) is 23.2 Å². The maximum atomic E-state index is 2.73. The van der Waals surface area contributed by atoms with Crippen LogP contribution in [0.1, 0.15) is 47.0 Å². The molecule has 88 valence electrons. The molecule has 0 bridgehead atoms. The number of likely N-dealkylation sites (tertiary alicyclic amines) is 1. The van der Waals surface area contributed by atoms with Crippen LogP contribution in [0.25, 0.3) is 0 Å². The van der Waals surface area contributed by atoms with Gasteiger partial charge in [0.25, 0.3) is 0 Å². The first-order chi connectivity index (χ1) is 6.97. The second kappa shape index (κ2) is 4.08. The zero-order chi connectivity index (χ0) is 11.1. The van der Waals surface area contributed by atoms with Crippen LogP contribution in [0.4, 0.5) is 0 Å². The zero-order valence-electron chi connectivity index (χ0n) is 10.9. The van der Waals surface area contributed by atoms with Gasteiger partial charge in [-0.3, -0.25) is 0 Å². The van der Waals surface area contributed by atoms with Crippen molar-refractivity contribution < 1.29 is 0 Å². The third-order valence-electron chi connectivity index (χ3n) is 4.37. The van der Waals surface area contributed by atoms with Gasteiger partial charge >= 0.3 is 0 Å². The van der Waals surface area contributed by atoms with E-state index in [1.54, 1.807) is 0 Å². The van der Waals surface area contributed by atoms with E-state index in [1.165, 1.54) is 38.9 Å². The summed E-state index contributed by atoms with van der Waals surface area (Å²) >= 11 is 0. The molecule has 0 aromatic rings. The first kappa shape index (κ1) is 11.4. The lowest BCUT2D eigenvalue weighted by atomic mass is 9.71. The highest BCUT2D eigenvalue weighted by atomic mass is 15.1. The third-order valence-corrected chi connectivity index (χ3v) is 4.37. The third kappa shape index (κ3) is 2.96. The molecular formula is C14H27N. The van der Waals surface area contributed by atoms with Gasteiger partial charge in [-0.15, -0.1) is 0 Å². The second-order valence-corrected chi connectivity index (χ2v) is 6.94. The molecule has 1 heterocycles. The smallest absolute Gasteiger partial charge is 0.00173 e. The Balaban J connectivity index is 1.91. The topological polar surface area (TPSA) is 3.24 Å². The molecule has 1 saturated carbocycles. The molecule has 2 atom stereocenters. The molecule has 0 amide bonds. The van der Waals surface area contributed by atoms with Gasteiger partial charge in [0, 0.05) is 13.1 Å². The van der Waals surface area contributed by atoms with E-state index in [0.29, 0.717) is 5.41 Å². The highest BCUT2D eigenvalue weighted by Gasteiger charge is 2.36. The minimum atomic E-state index is 0.488. The lowest BCUT2D eigenvalue weighted by Gasteiger charge is -2.44. The first-order valence-corrected chi connectivity index (χ1v) is 6.69. The van der Waals surface area contributed by atoms with Gasteiger partial charge in [0.2, 0.25) is 0 Å². The first-order valence-electron chi connectivity index (χ1n) is 6.69. The van der Waals surface area contributed by atoms with Crippen LogP contribution in [0, 0.1) is 23.2 Å². The van der Waals surface area contributed by atoms with E-state index in [2.05, 4.69) is 32.6 Å². The Morgan fingerprint density at radius 1 is 1.13 bits per heavy atom. The average molecular weight is 209 g/mol. The molecule has 0 N–H and O–H groups in total. The Morgan fingerprint density at radius 3 is 2.33 bits per heavy atom. The predicted molar refractivity (Wildman–Crippen MR) is 65.9 cm³/mol. The predicted octanol–water partition coefficient (Wildman–Crippen LogP) is 3.40. The lowest BCUT2D eigenvalue weighted by Crippen LogP contribution is -2.45. The maximum Gasteiger partial charge on any atom is 0.00173 e. The van der Waals surface area contributed by atoms with Gasteiger partial charge < -0.3 is 4.90 Å². The summed E-state index contributed by atoms with van der Waals surface area (Å²) in [4.78, 5) is 2.73. The molecule has 2 rings (SSSR count). The number of piperidine rings is 1. The Labute approximate surface area is 95.2 Å². The van der Waals surface area contributed by atoms with Crippen LogP contribution in [0.15, 0.2) is 0 Å². The average Bonchev–Trinajstić information content (AvgIpc) is 2.90. The van der Waals surface area contributed by atoms with Crippen LogP contribution in [0.2, 0.25) is 0 Å². The van der Waals surface area contributed by atoms with E-state index in [4.69, 9.17) is 0 Å². The van der Waals surface area contributed by atoms with Gasteiger partial charge in [-0.2, -0.15) is 0 Å². The fourth-order valence-corrected chi connectivity index (χ4v) is 3.10. The zero-order valence-corrected chi connectivity index (χ0v) is 10.9. The molecule has 1 nitrogen and oxygen atoms in total. The Morgan fingerprint density at radius 2 is 1.80 bits per heavy atom. The molecule has 1 aliphatic carbocycles. The van der Waals surface area contributed by atoms with Crippen LogP contribution < -0.4 is 0 Å². The van der Waals surface area contributed by atoms with Crippen molar-refractivity contribution in [3.63, 3.8) is 0 Å². The molecule has 0 aromatic heterocycles. The monoisotopic (exact) mass is 209 g/mol. The molecule has 15 heavy (non-hydrogen) atoms. The van der Waals surface area contributed by atoms with Gasteiger partial charge in [0.05, 0.1) is 0 Å². The largest absolute Gasteiger partial charge is 0.303 e. The molecule has 2 fully saturated rings. The van der Waals surface area contributed by atoms with Crippen molar-refractivity contribution in [2.75, 3.05) is 19.6 Å². The van der Waals surface area contributed by atoms with Crippen molar-refractivity contribution in [1.29, 1.82) is 0 Å². The summed E-state index contributed by atoms with van der Waals surface area (Å²) < 4.78 is 0. The normalized spacial score (nSPS) is 34.4. The van der Waals surface area contributed by atoms with E-state index in [0.717, 1.165) is 17.8 Å². The van der Waals surface area contributed by atoms with Crippen molar-refractivity contribution in [3.8, 4) is 0 Å². The molecule has 2 aliphatic rings. The maximum absolute atomic E-state index is 2.73. The molecule has 1 heteroatoms. The van der Waals surface area contributed by atoms with E-state index in [1.807, 2.05) is 0 Å². The fraction of sp³-hybridized carbons (Fsp3) is 1.00.